The number of alkyl halides is 3. The van der Waals surface area contributed by atoms with Gasteiger partial charge in [0.05, 0.1) is 15.9 Å². The fourth-order valence-corrected chi connectivity index (χ4v) is 4.43. The smallest absolute Gasteiger partial charge is 0.472 e. The van der Waals surface area contributed by atoms with Gasteiger partial charge in [-0.1, -0.05) is 0 Å². The Balaban J connectivity index is 1.68. The Morgan fingerprint density at radius 3 is 2.52 bits per heavy atom. The minimum atomic E-state index is -4.83. The number of hydrogen-bond acceptors (Lipinski definition) is 5. The monoisotopic (exact) mass is 466 g/mol. The summed E-state index contributed by atoms with van der Waals surface area (Å²) in [5.74, 6) is -0.112. The Hall–Kier alpha value is -1.85. The number of hydrogen-bond donors (Lipinski definition) is 0. The summed E-state index contributed by atoms with van der Waals surface area (Å²) in [7, 11) is -3.85. The number of halogens is 4. The van der Waals surface area contributed by atoms with Crippen LogP contribution < -0.4 is 9.47 Å². The molecule has 6 nitrogen and oxygen atoms in total. The highest BCUT2D eigenvalue weighted by molar-refractivity contribution is 9.10. The van der Waals surface area contributed by atoms with Crippen LogP contribution in [0.5, 0.6) is 11.6 Å². The van der Waals surface area contributed by atoms with Crippen molar-refractivity contribution in [2.24, 2.45) is 0 Å². The van der Waals surface area contributed by atoms with Crippen molar-refractivity contribution in [2.45, 2.75) is 23.8 Å². The van der Waals surface area contributed by atoms with Gasteiger partial charge >= 0.3 is 6.36 Å². The second-order valence-corrected chi connectivity index (χ2v) is 8.49. The maximum Gasteiger partial charge on any atom is 0.573 e. The van der Waals surface area contributed by atoms with E-state index in [4.69, 9.17) is 4.74 Å². The first-order chi connectivity index (χ1) is 12.6. The Morgan fingerprint density at radius 1 is 1.19 bits per heavy atom. The van der Waals surface area contributed by atoms with E-state index in [9.17, 15) is 21.6 Å². The summed E-state index contributed by atoms with van der Waals surface area (Å²) in [6.07, 6.45) is -3.18. The number of pyridine rings is 1. The molecule has 1 aromatic carbocycles. The lowest BCUT2D eigenvalue weighted by molar-refractivity contribution is -0.274. The largest absolute Gasteiger partial charge is 0.573 e. The van der Waals surface area contributed by atoms with Crippen LogP contribution in [0.2, 0.25) is 0 Å². The van der Waals surface area contributed by atoms with Crippen LogP contribution in [-0.4, -0.2) is 43.3 Å². The molecule has 2 heterocycles. The zero-order chi connectivity index (χ0) is 19.7. The van der Waals surface area contributed by atoms with Crippen molar-refractivity contribution < 1.29 is 31.1 Å². The molecule has 0 radical (unpaired) electrons. The Labute approximate surface area is 162 Å². The first kappa shape index (κ1) is 19.9. The van der Waals surface area contributed by atoms with Crippen LogP contribution in [0.15, 0.2) is 52.0 Å². The molecule has 2 aromatic rings. The van der Waals surface area contributed by atoms with Crippen LogP contribution in [0.3, 0.4) is 0 Å². The minimum absolute atomic E-state index is 0.114. The number of sulfonamides is 1. The van der Waals surface area contributed by atoms with E-state index in [2.05, 4.69) is 25.7 Å². The first-order valence-corrected chi connectivity index (χ1v) is 10.0. The van der Waals surface area contributed by atoms with Gasteiger partial charge < -0.3 is 9.47 Å². The van der Waals surface area contributed by atoms with Crippen molar-refractivity contribution in [3.05, 3.63) is 47.1 Å². The molecule has 0 aliphatic carbocycles. The maximum atomic E-state index is 12.7. The molecule has 1 unspecified atom stereocenters. The van der Waals surface area contributed by atoms with Gasteiger partial charge in [0, 0.05) is 12.7 Å². The highest BCUT2D eigenvalue weighted by Gasteiger charge is 2.35. The number of nitrogens with zero attached hydrogens (tertiary/aromatic N) is 2. The summed E-state index contributed by atoms with van der Waals surface area (Å²) in [5.41, 5.74) is 0. The molecule has 1 atom stereocenters. The lowest BCUT2D eigenvalue weighted by Crippen LogP contribution is -2.31. The average molecular weight is 467 g/mol. The summed E-state index contributed by atoms with van der Waals surface area (Å²) >= 11 is 3.31. The van der Waals surface area contributed by atoms with Gasteiger partial charge in [-0.3, -0.25) is 0 Å². The number of aromatic nitrogens is 1. The molecule has 11 heteroatoms. The molecule has 3 rings (SSSR count). The lowest BCUT2D eigenvalue weighted by Gasteiger charge is -2.17. The van der Waals surface area contributed by atoms with Gasteiger partial charge in [0.15, 0.2) is 0 Å². The predicted octanol–water partition coefficient (Wildman–Crippen LogP) is 3.58. The third-order valence-corrected chi connectivity index (χ3v) is 6.29. The SMILES string of the molecule is O=S(=O)(c1ccc(OC(F)(F)F)cc1)N1CCC(Oc2ncccc2Br)C1. The first-order valence-electron chi connectivity index (χ1n) is 7.78. The van der Waals surface area contributed by atoms with E-state index < -0.39 is 22.1 Å². The van der Waals surface area contributed by atoms with Gasteiger partial charge in [0.1, 0.15) is 11.9 Å². The molecular formula is C16H14BrF3N2O4S. The van der Waals surface area contributed by atoms with E-state index in [1.807, 2.05) is 0 Å². The van der Waals surface area contributed by atoms with Gasteiger partial charge in [-0.15, -0.1) is 13.2 Å². The number of rotatable bonds is 5. The van der Waals surface area contributed by atoms with Gasteiger partial charge in [-0.05, 0) is 58.7 Å². The molecule has 1 aliphatic heterocycles. The van der Waals surface area contributed by atoms with Crippen LogP contribution in [-0.2, 0) is 10.0 Å². The quantitative estimate of drug-likeness (QED) is 0.673. The molecule has 146 valence electrons. The van der Waals surface area contributed by atoms with Gasteiger partial charge in [0.2, 0.25) is 15.9 Å². The number of benzene rings is 1. The molecule has 0 bridgehead atoms. The van der Waals surface area contributed by atoms with Crippen LogP contribution in [0.4, 0.5) is 13.2 Å². The van der Waals surface area contributed by atoms with E-state index >= 15 is 0 Å². The van der Waals surface area contributed by atoms with Crippen LogP contribution >= 0.6 is 15.9 Å². The fourth-order valence-electron chi connectivity index (χ4n) is 2.59. The van der Waals surface area contributed by atoms with E-state index in [1.165, 1.54) is 4.31 Å². The standard InChI is InChI=1S/C16H14BrF3N2O4S/c17-14-2-1-8-21-15(14)25-12-7-9-22(10-12)27(23,24)13-5-3-11(4-6-13)26-16(18,19)20/h1-6,8,12H,7,9-10H2. The molecule has 1 aromatic heterocycles. The third-order valence-electron chi connectivity index (χ3n) is 3.81. The molecule has 0 N–H and O–H groups in total. The normalized spacial score (nSPS) is 18.4. The van der Waals surface area contributed by atoms with E-state index in [1.54, 1.807) is 18.3 Å². The molecular weight excluding hydrogens is 453 g/mol. The third kappa shape index (κ3) is 4.90. The second kappa shape index (κ2) is 7.64. The van der Waals surface area contributed by atoms with E-state index in [-0.39, 0.29) is 24.1 Å². The molecule has 0 spiro atoms. The molecule has 0 saturated carbocycles. The Kier molecular flexibility index (Phi) is 5.63. The molecule has 1 saturated heterocycles. The van der Waals surface area contributed by atoms with Crippen molar-refractivity contribution in [1.82, 2.24) is 9.29 Å². The molecule has 0 amide bonds. The van der Waals surface area contributed by atoms with E-state index in [0.29, 0.717) is 16.8 Å². The highest BCUT2D eigenvalue weighted by Crippen LogP contribution is 2.28. The molecule has 1 fully saturated rings. The highest BCUT2D eigenvalue weighted by atomic mass is 79.9. The summed E-state index contributed by atoms with van der Waals surface area (Å²) in [6, 6.07) is 7.59. The summed E-state index contributed by atoms with van der Waals surface area (Å²) in [4.78, 5) is 3.97. The lowest BCUT2D eigenvalue weighted by atomic mass is 10.3. The molecule has 1 aliphatic rings. The van der Waals surface area contributed by atoms with Crippen molar-refractivity contribution in [2.75, 3.05) is 13.1 Å². The Bertz CT molecular complexity index is 907. The van der Waals surface area contributed by atoms with Gasteiger partial charge in [-0.25, -0.2) is 13.4 Å². The second-order valence-electron chi connectivity index (χ2n) is 5.70. The van der Waals surface area contributed by atoms with Crippen LogP contribution in [0.25, 0.3) is 0 Å². The van der Waals surface area contributed by atoms with Crippen LogP contribution in [0, 0.1) is 0 Å². The predicted molar refractivity (Wildman–Crippen MR) is 92.9 cm³/mol. The summed E-state index contributed by atoms with van der Waals surface area (Å²) in [6.45, 7) is 0.352. The zero-order valence-electron chi connectivity index (χ0n) is 13.7. The summed E-state index contributed by atoms with van der Waals surface area (Å²) < 4.78 is 73.3. The van der Waals surface area contributed by atoms with Gasteiger partial charge in [-0.2, -0.15) is 4.31 Å². The number of ether oxygens (including phenoxy) is 2. The van der Waals surface area contributed by atoms with Crippen molar-refractivity contribution in [3.63, 3.8) is 0 Å². The minimum Gasteiger partial charge on any atom is -0.472 e. The van der Waals surface area contributed by atoms with Crippen molar-refractivity contribution in [3.8, 4) is 11.6 Å². The maximum absolute atomic E-state index is 12.7. The van der Waals surface area contributed by atoms with Crippen LogP contribution in [0.1, 0.15) is 6.42 Å². The summed E-state index contributed by atoms with van der Waals surface area (Å²) in [5, 5.41) is 0. The van der Waals surface area contributed by atoms with E-state index in [0.717, 1.165) is 24.3 Å². The van der Waals surface area contributed by atoms with Crippen molar-refractivity contribution >= 4 is 26.0 Å². The zero-order valence-corrected chi connectivity index (χ0v) is 16.1. The topological polar surface area (TPSA) is 68.7 Å². The van der Waals surface area contributed by atoms with Gasteiger partial charge in [0.25, 0.3) is 0 Å². The Morgan fingerprint density at radius 2 is 1.89 bits per heavy atom. The average Bonchev–Trinajstić information content (AvgIpc) is 3.05. The molecule has 27 heavy (non-hydrogen) atoms. The van der Waals surface area contributed by atoms with Crippen molar-refractivity contribution in [1.29, 1.82) is 0 Å². The fraction of sp³-hybridized carbons (Fsp3) is 0.312.